The number of aromatic nitrogens is 3. The van der Waals surface area contributed by atoms with E-state index in [1.165, 1.54) is 0 Å². The van der Waals surface area contributed by atoms with Crippen molar-refractivity contribution in [3.8, 4) is 5.75 Å². The van der Waals surface area contributed by atoms with E-state index in [0.717, 1.165) is 16.6 Å². The highest BCUT2D eigenvalue weighted by atomic mass is 32.2. The number of imidazole rings is 1. The van der Waals surface area contributed by atoms with Crippen molar-refractivity contribution in [1.82, 2.24) is 15.0 Å². The van der Waals surface area contributed by atoms with Crippen LogP contribution in [0.15, 0.2) is 41.7 Å². The Morgan fingerprint density at radius 2 is 2.08 bits per heavy atom. The van der Waals surface area contributed by atoms with Gasteiger partial charge in [0.15, 0.2) is 5.75 Å². The Kier molecular flexibility index (Phi) is 5.34. The van der Waals surface area contributed by atoms with Gasteiger partial charge in [0.05, 0.1) is 23.3 Å². The number of hydrogen-bond acceptors (Lipinski definition) is 5. The van der Waals surface area contributed by atoms with Gasteiger partial charge in [-0.15, -0.1) is 0 Å². The second-order valence-electron chi connectivity index (χ2n) is 5.38. The SMILES string of the molecule is COCCOc1ccnc(C[S+]([O-])c2nc3cc(C)ccc3[nH]2)c1. The minimum Gasteiger partial charge on any atom is -0.609 e. The maximum absolute atomic E-state index is 12.6. The molecule has 7 heteroatoms. The molecule has 0 aliphatic heterocycles. The predicted octanol–water partition coefficient (Wildman–Crippen LogP) is 2.60. The standard InChI is InChI=1S/C17H19N3O3S/c1-12-3-4-15-16(9-12)20-17(19-15)24(21)11-13-10-14(5-6-18-13)23-8-7-22-2/h3-6,9-10H,7-8,11H2,1-2H3,(H,19,20). The molecular weight excluding hydrogens is 326 g/mol. The van der Waals surface area contributed by atoms with Crippen LogP contribution in [0.3, 0.4) is 0 Å². The van der Waals surface area contributed by atoms with E-state index in [9.17, 15) is 4.55 Å². The monoisotopic (exact) mass is 345 g/mol. The number of ether oxygens (including phenoxy) is 2. The third kappa shape index (κ3) is 4.05. The summed E-state index contributed by atoms with van der Waals surface area (Å²) >= 11 is -1.30. The summed E-state index contributed by atoms with van der Waals surface area (Å²) in [5, 5.41) is 0.461. The van der Waals surface area contributed by atoms with Gasteiger partial charge in [-0.2, -0.15) is 4.98 Å². The summed E-state index contributed by atoms with van der Waals surface area (Å²) in [6.45, 7) is 2.98. The number of aromatic amines is 1. The van der Waals surface area contributed by atoms with Crippen molar-refractivity contribution in [3.05, 3.63) is 47.8 Å². The van der Waals surface area contributed by atoms with E-state index in [1.54, 1.807) is 25.4 Å². The molecule has 0 saturated carbocycles. The molecule has 24 heavy (non-hydrogen) atoms. The van der Waals surface area contributed by atoms with Crippen LogP contribution >= 0.6 is 0 Å². The van der Waals surface area contributed by atoms with E-state index in [0.29, 0.717) is 29.8 Å². The first-order valence-electron chi connectivity index (χ1n) is 7.57. The lowest BCUT2D eigenvalue weighted by atomic mass is 10.2. The Morgan fingerprint density at radius 1 is 1.21 bits per heavy atom. The van der Waals surface area contributed by atoms with E-state index >= 15 is 0 Å². The van der Waals surface area contributed by atoms with Gasteiger partial charge in [-0.1, -0.05) is 6.07 Å². The second-order valence-corrected chi connectivity index (χ2v) is 6.74. The molecule has 3 aromatic rings. The van der Waals surface area contributed by atoms with Gasteiger partial charge >= 0.3 is 5.16 Å². The van der Waals surface area contributed by atoms with Crippen LogP contribution in [-0.4, -0.2) is 39.8 Å². The Bertz CT molecular complexity index is 822. The van der Waals surface area contributed by atoms with Gasteiger partial charge in [0, 0.05) is 30.5 Å². The van der Waals surface area contributed by atoms with E-state index in [1.807, 2.05) is 25.1 Å². The van der Waals surface area contributed by atoms with Gasteiger partial charge < -0.3 is 14.0 Å². The number of nitrogens with one attached hydrogen (secondary N) is 1. The zero-order chi connectivity index (χ0) is 16.9. The molecule has 1 N–H and O–H groups in total. The lowest BCUT2D eigenvalue weighted by molar-refractivity contribution is 0.146. The highest BCUT2D eigenvalue weighted by Crippen LogP contribution is 2.20. The summed E-state index contributed by atoms with van der Waals surface area (Å²) in [6, 6.07) is 9.47. The maximum Gasteiger partial charge on any atom is 0.322 e. The molecule has 0 fully saturated rings. The normalized spacial score (nSPS) is 12.5. The Hall–Kier alpha value is -2.09. The zero-order valence-corrected chi connectivity index (χ0v) is 14.4. The van der Waals surface area contributed by atoms with Crippen LogP contribution in [0.4, 0.5) is 0 Å². The number of rotatable bonds is 7. The van der Waals surface area contributed by atoms with Crippen molar-refractivity contribution in [1.29, 1.82) is 0 Å². The fourth-order valence-corrected chi connectivity index (χ4v) is 3.26. The number of methoxy groups -OCH3 is 1. The van der Waals surface area contributed by atoms with Crippen LogP contribution < -0.4 is 4.74 Å². The van der Waals surface area contributed by atoms with Gasteiger partial charge in [-0.3, -0.25) is 9.97 Å². The number of benzene rings is 1. The lowest BCUT2D eigenvalue weighted by Crippen LogP contribution is -2.09. The molecule has 0 bridgehead atoms. The molecule has 126 valence electrons. The average molecular weight is 345 g/mol. The van der Waals surface area contributed by atoms with Crippen LogP contribution in [-0.2, 0) is 21.7 Å². The summed E-state index contributed by atoms with van der Waals surface area (Å²) in [4.78, 5) is 11.8. The minimum atomic E-state index is -1.30. The first-order valence-corrected chi connectivity index (χ1v) is 8.89. The van der Waals surface area contributed by atoms with E-state index in [4.69, 9.17) is 9.47 Å². The molecule has 3 rings (SSSR count). The average Bonchev–Trinajstić information content (AvgIpc) is 2.99. The molecule has 2 aromatic heterocycles. The summed E-state index contributed by atoms with van der Waals surface area (Å²) < 4.78 is 23.1. The van der Waals surface area contributed by atoms with Crippen molar-refractivity contribution in [3.63, 3.8) is 0 Å². The van der Waals surface area contributed by atoms with Crippen LogP contribution in [0.25, 0.3) is 11.0 Å². The predicted molar refractivity (Wildman–Crippen MR) is 92.6 cm³/mol. The first-order chi connectivity index (χ1) is 11.7. The molecular formula is C17H19N3O3S. The topological polar surface area (TPSA) is 83.1 Å². The third-order valence-corrected chi connectivity index (χ3v) is 4.64. The van der Waals surface area contributed by atoms with E-state index in [-0.39, 0.29) is 5.75 Å². The molecule has 0 aliphatic rings. The van der Waals surface area contributed by atoms with Gasteiger partial charge in [-0.25, -0.2) is 0 Å². The van der Waals surface area contributed by atoms with Crippen molar-refractivity contribution in [2.75, 3.05) is 20.3 Å². The number of fused-ring (bicyclic) bond motifs is 1. The van der Waals surface area contributed by atoms with Crippen LogP contribution in [0, 0.1) is 6.92 Å². The van der Waals surface area contributed by atoms with Gasteiger partial charge in [0.1, 0.15) is 12.4 Å². The number of nitrogens with zero attached hydrogens (tertiary/aromatic N) is 2. The Labute approximate surface area is 143 Å². The Balaban J connectivity index is 1.71. The molecule has 0 saturated heterocycles. The number of hydrogen-bond donors (Lipinski definition) is 1. The van der Waals surface area contributed by atoms with E-state index in [2.05, 4.69) is 15.0 Å². The fraction of sp³-hybridized carbons (Fsp3) is 0.294. The van der Waals surface area contributed by atoms with Gasteiger partial charge in [0.2, 0.25) is 0 Å². The Morgan fingerprint density at radius 3 is 2.92 bits per heavy atom. The fourth-order valence-electron chi connectivity index (χ4n) is 2.27. The molecule has 0 radical (unpaired) electrons. The molecule has 2 heterocycles. The van der Waals surface area contributed by atoms with Gasteiger partial charge in [-0.05, 0) is 30.7 Å². The second kappa shape index (κ2) is 7.65. The summed E-state index contributed by atoms with van der Waals surface area (Å²) in [5.41, 5.74) is 3.52. The molecule has 6 nitrogen and oxygen atoms in total. The quantitative estimate of drug-likeness (QED) is 0.526. The largest absolute Gasteiger partial charge is 0.609 e. The molecule has 1 aromatic carbocycles. The zero-order valence-electron chi connectivity index (χ0n) is 13.6. The maximum atomic E-state index is 12.6. The summed E-state index contributed by atoms with van der Waals surface area (Å²) in [6.07, 6.45) is 1.65. The number of H-pyrrole nitrogens is 1. The molecule has 0 spiro atoms. The third-order valence-electron chi connectivity index (χ3n) is 3.46. The summed E-state index contributed by atoms with van der Waals surface area (Å²) in [5.74, 6) is 0.967. The highest BCUT2D eigenvalue weighted by Gasteiger charge is 2.18. The van der Waals surface area contributed by atoms with Gasteiger partial charge in [0.25, 0.3) is 0 Å². The van der Waals surface area contributed by atoms with Crippen LogP contribution in [0.1, 0.15) is 11.3 Å². The molecule has 1 unspecified atom stereocenters. The van der Waals surface area contributed by atoms with Crippen LogP contribution in [0.2, 0.25) is 0 Å². The first kappa shape index (κ1) is 16.8. The smallest absolute Gasteiger partial charge is 0.322 e. The van der Waals surface area contributed by atoms with Crippen molar-refractivity contribution in [2.45, 2.75) is 17.8 Å². The molecule has 0 aliphatic carbocycles. The summed E-state index contributed by atoms with van der Waals surface area (Å²) in [7, 11) is 1.62. The molecule has 1 atom stereocenters. The number of aryl methyl sites for hydroxylation is 1. The van der Waals surface area contributed by atoms with Crippen molar-refractivity contribution < 1.29 is 14.0 Å². The highest BCUT2D eigenvalue weighted by molar-refractivity contribution is 7.90. The van der Waals surface area contributed by atoms with Crippen LogP contribution in [0.5, 0.6) is 5.75 Å². The van der Waals surface area contributed by atoms with Crippen molar-refractivity contribution >= 4 is 22.2 Å². The number of pyridine rings is 1. The van der Waals surface area contributed by atoms with E-state index < -0.39 is 11.2 Å². The van der Waals surface area contributed by atoms with Crippen molar-refractivity contribution in [2.24, 2.45) is 0 Å². The lowest BCUT2D eigenvalue weighted by Gasteiger charge is -2.08. The minimum absolute atomic E-state index is 0.278. The molecule has 0 amide bonds.